The lowest BCUT2D eigenvalue weighted by molar-refractivity contribution is 0.617. The number of nitrogens with one attached hydrogen (secondary N) is 1. The summed E-state index contributed by atoms with van der Waals surface area (Å²) in [7, 11) is 0. The highest BCUT2D eigenvalue weighted by molar-refractivity contribution is 9.10. The summed E-state index contributed by atoms with van der Waals surface area (Å²) in [4.78, 5) is 0. The van der Waals surface area contributed by atoms with E-state index >= 15 is 0 Å². The van der Waals surface area contributed by atoms with Gasteiger partial charge in [-0.15, -0.1) is 0 Å². The molecule has 0 fully saturated rings. The molecule has 0 aromatic heterocycles. The van der Waals surface area contributed by atoms with Gasteiger partial charge in [0.05, 0.1) is 11.9 Å². The Kier molecular flexibility index (Phi) is 4.10. The van der Waals surface area contributed by atoms with Gasteiger partial charge in [0.25, 0.3) is 0 Å². The molecule has 92 valence electrons. The molecule has 0 aliphatic heterocycles. The Hall–Kier alpha value is -1.68. The topological polar surface area (TPSA) is 24.4 Å². The number of nitrogens with zero attached hydrogens (tertiary/aromatic N) is 1. The summed E-state index contributed by atoms with van der Waals surface area (Å²) in [6, 6.07) is 12.8. The largest absolute Gasteiger partial charge is 0.279 e. The predicted octanol–water partition coefficient (Wildman–Crippen LogP) is 4.34. The lowest BCUT2D eigenvalue weighted by Crippen LogP contribution is -1.93. The maximum absolute atomic E-state index is 13.3. The van der Waals surface area contributed by atoms with Crippen LogP contribution in [-0.2, 0) is 0 Å². The summed E-state index contributed by atoms with van der Waals surface area (Å²) in [5.74, 6) is -0.227. The van der Waals surface area contributed by atoms with Crippen LogP contribution in [0, 0.1) is 12.7 Å². The van der Waals surface area contributed by atoms with Gasteiger partial charge in [-0.05, 0) is 36.8 Å². The van der Waals surface area contributed by atoms with Crippen LogP contribution in [0.4, 0.5) is 10.1 Å². The van der Waals surface area contributed by atoms with E-state index in [0.717, 1.165) is 11.3 Å². The van der Waals surface area contributed by atoms with Gasteiger partial charge in [0.2, 0.25) is 0 Å². The van der Waals surface area contributed by atoms with Gasteiger partial charge in [0, 0.05) is 10.0 Å². The van der Waals surface area contributed by atoms with Crippen molar-refractivity contribution in [2.75, 3.05) is 5.43 Å². The van der Waals surface area contributed by atoms with E-state index in [-0.39, 0.29) is 5.82 Å². The quantitative estimate of drug-likeness (QED) is 0.662. The first-order valence-electron chi connectivity index (χ1n) is 5.46. The standard InChI is InChI=1S/C14H12BrFN2/c1-10-7-11(13(15)8-14(10)16)9-17-18-12-5-3-2-4-6-12/h2-9,18H,1H3. The Morgan fingerprint density at radius 2 is 1.94 bits per heavy atom. The molecule has 4 heteroatoms. The zero-order chi connectivity index (χ0) is 13.0. The van der Waals surface area contributed by atoms with Crippen molar-refractivity contribution in [1.29, 1.82) is 0 Å². The van der Waals surface area contributed by atoms with E-state index < -0.39 is 0 Å². The fourth-order valence-corrected chi connectivity index (χ4v) is 1.89. The van der Waals surface area contributed by atoms with E-state index in [1.54, 1.807) is 19.2 Å². The summed E-state index contributed by atoms with van der Waals surface area (Å²) in [5.41, 5.74) is 5.24. The normalized spacial score (nSPS) is 10.8. The second kappa shape index (κ2) is 5.78. The minimum absolute atomic E-state index is 0.227. The van der Waals surface area contributed by atoms with Crippen molar-refractivity contribution < 1.29 is 4.39 Å². The smallest absolute Gasteiger partial charge is 0.127 e. The summed E-state index contributed by atoms with van der Waals surface area (Å²) < 4.78 is 13.9. The third-order valence-electron chi connectivity index (χ3n) is 2.45. The predicted molar refractivity (Wildman–Crippen MR) is 76.5 cm³/mol. The Labute approximate surface area is 114 Å². The molecule has 2 rings (SSSR count). The van der Waals surface area contributed by atoms with E-state index in [4.69, 9.17) is 0 Å². The summed E-state index contributed by atoms with van der Waals surface area (Å²) in [6.45, 7) is 1.73. The van der Waals surface area contributed by atoms with Crippen LogP contribution in [0.3, 0.4) is 0 Å². The average molecular weight is 307 g/mol. The van der Waals surface area contributed by atoms with Gasteiger partial charge >= 0.3 is 0 Å². The Balaban J connectivity index is 2.12. The van der Waals surface area contributed by atoms with E-state index in [2.05, 4.69) is 26.5 Å². The SMILES string of the molecule is Cc1cc(C=NNc2ccccc2)c(Br)cc1F. The molecule has 18 heavy (non-hydrogen) atoms. The van der Waals surface area contributed by atoms with Gasteiger partial charge in [-0.1, -0.05) is 34.1 Å². The maximum atomic E-state index is 13.3. The molecule has 2 nitrogen and oxygen atoms in total. The first kappa shape index (κ1) is 12.8. The average Bonchev–Trinajstić information content (AvgIpc) is 2.37. The van der Waals surface area contributed by atoms with Crippen molar-refractivity contribution in [2.24, 2.45) is 5.10 Å². The molecule has 0 amide bonds. The second-order valence-electron chi connectivity index (χ2n) is 3.86. The van der Waals surface area contributed by atoms with Gasteiger partial charge < -0.3 is 0 Å². The highest BCUT2D eigenvalue weighted by Gasteiger charge is 2.03. The summed E-state index contributed by atoms with van der Waals surface area (Å²) >= 11 is 3.31. The fraction of sp³-hybridized carbons (Fsp3) is 0.0714. The zero-order valence-electron chi connectivity index (χ0n) is 9.82. The van der Waals surface area contributed by atoms with Crippen LogP contribution in [0.5, 0.6) is 0 Å². The maximum Gasteiger partial charge on any atom is 0.127 e. The molecule has 0 aliphatic rings. The first-order valence-corrected chi connectivity index (χ1v) is 6.26. The van der Waals surface area contributed by atoms with E-state index in [1.165, 1.54) is 6.07 Å². The number of benzene rings is 2. The van der Waals surface area contributed by atoms with Crippen LogP contribution in [0.25, 0.3) is 0 Å². The third kappa shape index (κ3) is 3.17. The van der Waals surface area contributed by atoms with Crippen LogP contribution >= 0.6 is 15.9 Å². The Morgan fingerprint density at radius 3 is 2.67 bits per heavy atom. The molecular formula is C14H12BrFN2. The zero-order valence-corrected chi connectivity index (χ0v) is 11.4. The minimum atomic E-state index is -0.227. The molecule has 0 atom stereocenters. The third-order valence-corrected chi connectivity index (χ3v) is 3.14. The van der Waals surface area contributed by atoms with Crippen LogP contribution in [0.1, 0.15) is 11.1 Å². The van der Waals surface area contributed by atoms with E-state index in [0.29, 0.717) is 10.0 Å². The molecule has 0 aliphatic carbocycles. The van der Waals surface area contributed by atoms with Crippen molar-refractivity contribution in [3.8, 4) is 0 Å². The Morgan fingerprint density at radius 1 is 1.22 bits per heavy atom. The number of hydrogen-bond donors (Lipinski definition) is 1. The van der Waals surface area contributed by atoms with Gasteiger partial charge in [-0.3, -0.25) is 5.43 Å². The number of halogens is 2. The van der Waals surface area contributed by atoms with Crippen LogP contribution < -0.4 is 5.43 Å². The Bertz CT molecular complexity index is 568. The number of aryl methyl sites for hydroxylation is 1. The monoisotopic (exact) mass is 306 g/mol. The second-order valence-corrected chi connectivity index (χ2v) is 4.71. The van der Waals surface area contributed by atoms with Gasteiger partial charge in [0.1, 0.15) is 5.82 Å². The molecular weight excluding hydrogens is 295 g/mol. The van der Waals surface area contributed by atoms with Crippen molar-refractivity contribution in [3.05, 3.63) is 63.9 Å². The van der Waals surface area contributed by atoms with Crippen LogP contribution in [0.2, 0.25) is 0 Å². The van der Waals surface area contributed by atoms with Gasteiger partial charge in [-0.2, -0.15) is 5.10 Å². The van der Waals surface area contributed by atoms with Crippen molar-refractivity contribution >= 4 is 27.8 Å². The molecule has 2 aromatic rings. The van der Waals surface area contributed by atoms with Crippen molar-refractivity contribution in [1.82, 2.24) is 0 Å². The summed E-state index contributed by atoms with van der Waals surface area (Å²) in [5, 5.41) is 4.12. The molecule has 1 N–H and O–H groups in total. The van der Waals surface area contributed by atoms with Crippen LogP contribution in [0.15, 0.2) is 52.0 Å². The molecule has 2 aromatic carbocycles. The molecule has 0 saturated heterocycles. The number of hydrazone groups is 1. The fourth-order valence-electron chi connectivity index (χ4n) is 1.47. The number of rotatable bonds is 3. The van der Waals surface area contributed by atoms with Crippen molar-refractivity contribution in [2.45, 2.75) is 6.92 Å². The molecule has 0 heterocycles. The molecule has 0 unspecified atom stereocenters. The minimum Gasteiger partial charge on any atom is -0.279 e. The highest BCUT2D eigenvalue weighted by atomic mass is 79.9. The number of hydrogen-bond acceptors (Lipinski definition) is 2. The highest BCUT2D eigenvalue weighted by Crippen LogP contribution is 2.19. The van der Waals surface area contributed by atoms with E-state index in [1.807, 2.05) is 30.3 Å². The van der Waals surface area contributed by atoms with Gasteiger partial charge in [-0.25, -0.2) is 4.39 Å². The molecule has 0 spiro atoms. The molecule has 0 bridgehead atoms. The lowest BCUT2D eigenvalue weighted by atomic mass is 10.1. The van der Waals surface area contributed by atoms with Crippen LogP contribution in [-0.4, -0.2) is 6.21 Å². The molecule has 0 saturated carbocycles. The van der Waals surface area contributed by atoms with E-state index in [9.17, 15) is 4.39 Å². The van der Waals surface area contributed by atoms with Gasteiger partial charge in [0.15, 0.2) is 0 Å². The first-order chi connectivity index (χ1) is 8.66. The number of para-hydroxylation sites is 1. The number of anilines is 1. The summed E-state index contributed by atoms with van der Waals surface area (Å²) in [6.07, 6.45) is 1.66. The van der Waals surface area contributed by atoms with Crippen molar-refractivity contribution in [3.63, 3.8) is 0 Å². The lowest BCUT2D eigenvalue weighted by Gasteiger charge is -2.03. The molecule has 0 radical (unpaired) electrons.